The number of likely N-dealkylation sites (tertiary alicyclic amines) is 1. The van der Waals surface area contributed by atoms with E-state index in [9.17, 15) is 0 Å². The number of aromatic nitrogens is 1. The van der Waals surface area contributed by atoms with Gasteiger partial charge in [-0.15, -0.1) is 0 Å². The van der Waals surface area contributed by atoms with E-state index in [2.05, 4.69) is 55.9 Å². The first-order valence-electron chi connectivity index (χ1n) is 9.69. The second kappa shape index (κ2) is 8.44. The predicted molar refractivity (Wildman–Crippen MR) is 101 cm³/mol. The number of rotatable bonds is 9. The molecule has 0 aromatic carbocycles. The molecule has 1 aromatic rings. The van der Waals surface area contributed by atoms with E-state index in [4.69, 9.17) is 4.74 Å². The van der Waals surface area contributed by atoms with Crippen LogP contribution in [-0.2, 0) is 10.3 Å². The minimum atomic E-state index is 0.0272. The van der Waals surface area contributed by atoms with Crippen LogP contribution in [0.25, 0.3) is 0 Å². The lowest BCUT2D eigenvalue weighted by Crippen LogP contribution is -2.42. The van der Waals surface area contributed by atoms with Crippen molar-refractivity contribution in [3.05, 3.63) is 29.6 Å². The smallest absolute Gasteiger partial charge is 0.0535 e. The van der Waals surface area contributed by atoms with Crippen LogP contribution in [-0.4, -0.2) is 36.2 Å². The third-order valence-corrected chi connectivity index (χ3v) is 5.77. The summed E-state index contributed by atoms with van der Waals surface area (Å²) in [5.74, 6) is 0. The van der Waals surface area contributed by atoms with Crippen molar-refractivity contribution in [2.45, 2.75) is 72.3 Å². The fraction of sp³-hybridized carbons (Fsp3) is 0.762. The Morgan fingerprint density at radius 2 is 2.04 bits per heavy atom. The van der Waals surface area contributed by atoms with E-state index in [0.717, 1.165) is 32.0 Å². The summed E-state index contributed by atoms with van der Waals surface area (Å²) >= 11 is 0. The summed E-state index contributed by atoms with van der Waals surface area (Å²) in [6.45, 7) is 15.1. The van der Waals surface area contributed by atoms with Crippen LogP contribution in [0.4, 0.5) is 0 Å². The zero-order chi connectivity index (χ0) is 17.6. The Hall–Kier alpha value is -0.930. The Kier molecular flexibility index (Phi) is 6.82. The summed E-state index contributed by atoms with van der Waals surface area (Å²) in [5.41, 5.74) is 2.76. The van der Waals surface area contributed by atoms with E-state index < -0.39 is 0 Å². The van der Waals surface area contributed by atoms with Gasteiger partial charge in [-0.3, -0.25) is 9.88 Å². The minimum absolute atomic E-state index is 0.0272. The van der Waals surface area contributed by atoms with Crippen molar-refractivity contribution < 1.29 is 4.74 Å². The quantitative estimate of drug-likeness (QED) is 0.599. The molecule has 0 N–H and O–H groups in total. The van der Waals surface area contributed by atoms with Gasteiger partial charge in [-0.05, 0) is 58.7 Å². The van der Waals surface area contributed by atoms with Crippen molar-refractivity contribution in [1.29, 1.82) is 0 Å². The average Bonchev–Trinajstić information content (AvgIpc) is 2.99. The fourth-order valence-corrected chi connectivity index (χ4v) is 3.89. The highest BCUT2D eigenvalue weighted by atomic mass is 16.5. The summed E-state index contributed by atoms with van der Waals surface area (Å²) in [4.78, 5) is 7.16. The van der Waals surface area contributed by atoms with Gasteiger partial charge in [0.1, 0.15) is 0 Å². The van der Waals surface area contributed by atoms with Gasteiger partial charge in [-0.2, -0.15) is 0 Å². The van der Waals surface area contributed by atoms with Gasteiger partial charge in [-0.1, -0.05) is 32.3 Å². The van der Waals surface area contributed by atoms with E-state index in [0.29, 0.717) is 5.41 Å². The first kappa shape index (κ1) is 19.4. The van der Waals surface area contributed by atoms with Crippen molar-refractivity contribution in [1.82, 2.24) is 9.88 Å². The first-order valence-corrected chi connectivity index (χ1v) is 9.69. The zero-order valence-electron chi connectivity index (χ0n) is 16.4. The van der Waals surface area contributed by atoms with E-state index in [-0.39, 0.29) is 5.54 Å². The maximum atomic E-state index is 5.89. The van der Waals surface area contributed by atoms with Gasteiger partial charge in [0.2, 0.25) is 0 Å². The van der Waals surface area contributed by atoms with Crippen LogP contribution in [0.15, 0.2) is 18.3 Å². The highest BCUT2D eigenvalue weighted by Crippen LogP contribution is 2.41. The Labute approximate surface area is 148 Å². The molecule has 0 amide bonds. The van der Waals surface area contributed by atoms with Crippen molar-refractivity contribution >= 4 is 0 Å². The van der Waals surface area contributed by atoms with Gasteiger partial charge in [0.05, 0.1) is 6.61 Å². The van der Waals surface area contributed by atoms with E-state index in [1.54, 1.807) is 0 Å². The molecule has 24 heavy (non-hydrogen) atoms. The lowest BCUT2D eigenvalue weighted by molar-refractivity contribution is 0.0369. The number of hydrogen-bond acceptors (Lipinski definition) is 3. The zero-order valence-corrected chi connectivity index (χ0v) is 16.4. The van der Waals surface area contributed by atoms with Crippen molar-refractivity contribution in [2.75, 3.05) is 26.3 Å². The molecule has 1 saturated heterocycles. The molecule has 2 rings (SSSR count). The highest BCUT2D eigenvalue weighted by molar-refractivity contribution is 5.22. The molecule has 1 atom stereocenters. The maximum absolute atomic E-state index is 5.89. The summed E-state index contributed by atoms with van der Waals surface area (Å²) in [6.07, 6.45) is 8.53. The summed E-state index contributed by atoms with van der Waals surface area (Å²) in [5, 5.41) is 0. The maximum Gasteiger partial charge on any atom is 0.0535 e. The normalized spacial score (nSPS) is 22.2. The van der Waals surface area contributed by atoms with Gasteiger partial charge in [-0.25, -0.2) is 0 Å². The number of pyridine rings is 1. The molecule has 1 aliphatic rings. The summed E-state index contributed by atoms with van der Waals surface area (Å²) in [6, 6.07) is 4.36. The lowest BCUT2D eigenvalue weighted by Gasteiger charge is -2.38. The molecular weight excluding hydrogens is 296 g/mol. The molecule has 1 aromatic heterocycles. The standard InChI is InChI=1S/C21H36N2O/c1-6-8-9-12-21(17-24-7-2)13-14-23(16-21)20(4,5)19-11-10-18(3)22-15-19/h10-11,15H,6-9,12-14,16-17H2,1-5H3/t21-/m1/s1. The van der Waals surface area contributed by atoms with Crippen LogP contribution in [0.1, 0.15) is 71.1 Å². The van der Waals surface area contributed by atoms with Gasteiger partial charge in [0, 0.05) is 36.0 Å². The van der Waals surface area contributed by atoms with Crippen LogP contribution in [0, 0.1) is 12.3 Å². The highest BCUT2D eigenvalue weighted by Gasteiger charge is 2.43. The Balaban J connectivity index is 2.10. The van der Waals surface area contributed by atoms with Crippen LogP contribution in [0.3, 0.4) is 0 Å². The van der Waals surface area contributed by atoms with Gasteiger partial charge in [0.15, 0.2) is 0 Å². The largest absolute Gasteiger partial charge is 0.381 e. The lowest BCUT2D eigenvalue weighted by atomic mass is 9.82. The topological polar surface area (TPSA) is 25.4 Å². The molecule has 1 fully saturated rings. The molecule has 0 radical (unpaired) electrons. The predicted octanol–water partition coefficient (Wildman–Crippen LogP) is 4.93. The Morgan fingerprint density at radius 1 is 1.25 bits per heavy atom. The molecule has 0 spiro atoms. The monoisotopic (exact) mass is 332 g/mol. The molecule has 0 unspecified atom stereocenters. The molecule has 136 valence electrons. The van der Waals surface area contributed by atoms with Crippen LogP contribution < -0.4 is 0 Å². The second-order valence-corrected chi connectivity index (χ2v) is 8.01. The van der Waals surface area contributed by atoms with E-state index in [1.165, 1.54) is 37.7 Å². The minimum Gasteiger partial charge on any atom is -0.381 e. The number of aryl methyl sites for hydroxylation is 1. The Bertz CT molecular complexity index is 497. The van der Waals surface area contributed by atoms with Crippen LogP contribution in [0.5, 0.6) is 0 Å². The fourth-order valence-electron chi connectivity index (χ4n) is 3.89. The number of unbranched alkanes of at least 4 members (excludes halogenated alkanes) is 2. The molecular formula is C21H36N2O. The molecule has 0 aliphatic carbocycles. The first-order chi connectivity index (χ1) is 11.4. The third kappa shape index (κ3) is 4.58. The molecule has 1 aliphatic heterocycles. The molecule has 2 heterocycles. The average molecular weight is 333 g/mol. The Morgan fingerprint density at radius 3 is 2.67 bits per heavy atom. The number of ether oxygens (including phenoxy) is 1. The van der Waals surface area contributed by atoms with E-state index in [1.807, 2.05) is 6.92 Å². The number of hydrogen-bond donors (Lipinski definition) is 0. The summed E-state index contributed by atoms with van der Waals surface area (Å²) in [7, 11) is 0. The molecule has 0 bridgehead atoms. The molecule has 3 heteroatoms. The third-order valence-electron chi connectivity index (χ3n) is 5.77. The number of nitrogens with zero attached hydrogens (tertiary/aromatic N) is 2. The SMILES string of the molecule is CCCCC[C@@]1(COCC)CCN(C(C)(C)c2ccc(C)nc2)C1. The molecule has 3 nitrogen and oxygen atoms in total. The van der Waals surface area contributed by atoms with Crippen LogP contribution in [0.2, 0.25) is 0 Å². The van der Waals surface area contributed by atoms with Gasteiger partial charge < -0.3 is 4.74 Å². The summed E-state index contributed by atoms with van der Waals surface area (Å²) < 4.78 is 5.89. The van der Waals surface area contributed by atoms with Gasteiger partial charge >= 0.3 is 0 Å². The van der Waals surface area contributed by atoms with Gasteiger partial charge in [0.25, 0.3) is 0 Å². The van der Waals surface area contributed by atoms with Crippen molar-refractivity contribution in [3.63, 3.8) is 0 Å². The second-order valence-electron chi connectivity index (χ2n) is 8.01. The van der Waals surface area contributed by atoms with Crippen molar-refractivity contribution in [3.8, 4) is 0 Å². The molecule has 0 saturated carbocycles. The van der Waals surface area contributed by atoms with Crippen LogP contribution >= 0.6 is 0 Å². The van der Waals surface area contributed by atoms with E-state index >= 15 is 0 Å². The van der Waals surface area contributed by atoms with Crippen molar-refractivity contribution in [2.24, 2.45) is 5.41 Å².